The highest BCUT2D eigenvalue weighted by molar-refractivity contribution is 5.92. The lowest BCUT2D eigenvalue weighted by Gasteiger charge is -2.18. The first-order valence-electron chi connectivity index (χ1n) is 8.27. The predicted octanol–water partition coefficient (Wildman–Crippen LogP) is 3.92. The monoisotopic (exact) mass is 334 g/mol. The molecule has 3 aromatic carbocycles. The summed E-state index contributed by atoms with van der Waals surface area (Å²) >= 11 is 0. The van der Waals surface area contributed by atoms with E-state index in [4.69, 9.17) is 0 Å². The van der Waals surface area contributed by atoms with Gasteiger partial charge in [0.15, 0.2) is 0 Å². The smallest absolute Gasteiger partial charge is 0.238 e. The van der Waals surface area contributed by atoms with Crippen molar-refractivity contribution in [3.05, 3.63) is 71.8 Å². The van der Waals surface area contributed by atoms with Crippen molar-refractivity contribution in [3.8, 4) is 5.75 Å². The van der Waals surface area contributed by atoms with E-state index in [1.54, 1.807) is 6.07 Å². The lowest BCUT2D eigenvalue weighted by atomic mass is 10.0. The molecular formula is C21H22N2O2. The second-order valence-corrected chi connectivity index (χ2v) is 6.37. The number of fused-ring (bicyclic) bond motifs is 1. The van der Waals surface area contributed by atoms with Gasteiger partial charge in [0, 0.05) is 17.8 Å². The average molecular weight is 334 g/mol. The summed E-state index contributed by atoms with van der Waals surface area (Å²) in [6.45, 7) is 2.75. The quantitative estimate of drug-likeness (QED) is 0.743. The van der Waals surface area contributed by atoms with Crippen LogP contribution in [-0.4, -0.2) is 29.5 Å². The third-order valence-electron chi connectivity index (χ3n) is 4.19. The number of phenolic OH excluding ortho intramolecular Hbond substituents is 1. The van der Waals surface area contributed by atoms with Crippen molar-refractivity contribution >= 4 is 22.4 Å². The molecule has 128 valence electrons. The van der Waals surface area contributed by atoms with Gasteiger partial charge in [0.2, 0.25) is 5.91 Å². The Morgan fingerprint density at radius 3 is 2.52 bits per heavy atom. The van der Waals surface area contributed by atoms with E-state index in [0.717, 1.165) is 27.6 Å². The van der Waals surface area contributed by atoms with Crippen molar-refractivity contribution in [2.75, 3.05) is 18.9 Å². The molecule has 3 aromatic rings. The second-order valence-electron chi connectivity index (χ2n) is 6.37. The summed E-state index contributed by atoms with van der Waals surface area (Å²) < 4.78 is 0. The number of rotatable bonds is 5. The minimum absolute atomic E-state index is 0.0777. The van der Waals surface area contributed by atoms with Crippen LogP contribution in [0.15, 0.2) is 60.7 Å². The third-order valence-corrected chi connectivity index (χ3v) is 4.19. The molecule has 25 heavy (non-hydrogen) atoms. The van der Waals surface area contributed by atoms with E-state index in [1.165, 1.54) is 0 Å². The Morgan fingerprint density at radius 2 is 1.76 bits per heavy atom. The number of hydrogen-bond donors (Lipinski definition) is 2. The normalized spacial score (nSPS) is 11.0. The number of carbonyl (C=O) groups is 1. The number of phenols is 1. The Morgan fingerprint density at radius 1 is 1.04 bits per heavy atom. The van der Waals surface area contributed by atoms with Gasteiger partial charge in [-0.1, -0.05) is 48.0 Å². The topological polar surface area (TPSA) is 52.6 Å². The van der Waals surface area contributed by atoms with Crippen LogP contribution in [-0.2, 0) is 11.3 Å². The summed E-state index contributed by atoms with van der Waals surface area (Å²) in [7, 11) is 1.87. The van der Waals surface area contributed by atoms with Crippen LogP contribution in [0, 0.1) is 6.92 Å². The molecule has 0 aliphatic heterocycles. The summed E-state index contributed by atoms with van der Waals surface area (Å²) in [5.74, 6) is 0.176. The minimum atomic E-state index is -0.0777. The lowest BCUT2D eigenvalue weighted by molar-refractivity contribution is -0.117. The number of hydrogen-bond acceptors (Lipinski definition) is 3. The van der Waals surface area contributed by atoms with Crippen molar-refractivity contribution in [2.24, 2.45) is 0 Å². The standard InChI is InChI=1S/C21H22N2O2/c1-15-7-10-17(11-8-15)22-21(25)14-23(2)13-19-18-6-4-3-5-16(18)9-12-20(19)24/h3-12,24H,13-14H2,1-2H3,(H,22,25). The van der Waals surface area contributed by atoms with E-state index >= 15 is 0 Å². The summed E-state index contributed by atoms with van der Waals surface area (Å²) in [4.78, 5) is 14.1. The first-order chi connectivity index (χ1) is 12.0. The molecule has 4 heteroatoms. The average Bonchev–Trinajstić information content (AvgIpc) is 2.59. The van der Waals surface area contributed by atoms with Crippen LogP contribution in [0.5, 0.6) is 5.75 Å². The summed E-state index contributed by atoms with van der Waals surface area (Å²) in [5.41, 5.74) is 2.78. The third kappa shape index (κ3) is 4.17. The van der Waals surface area contributed by atoms with E-state index in [2.05, 4.69) is 5.32 Å². The van der Waals surface area contributed by atoms with Crippen molar-refractivity contribution in [1.29, 1.82) is 0 Å². The largest absolute Gasteiger partial charge is 0.508 e. The Labute approximate surface area is 147 Å². The van der Waals surface area contributed by atoms with Crippen LogP contribution in [0.4, 0.5) is 5.69 Å². The molecule has 2 N–H and O–H groups in total. The van der Waals surface area contributed by atoms with Crippen LogP contribution >= 0.6 is 0 Å². The van der Waals surface area contributed by atoms with Gasteiger partial charge >= 0.3 is 0 Å². The zero-order chi connectivity index (χ0) is 17.8. The van der Waals surface area contributed by atoms with Crippen LogP contribution < -0.4 is 5.32 Å². The summed E-state index contributed by atoms with van der Waals surface area (Å²) in [6, 6.07) is 19.3. The number of amides is 1. The Kier molecular flexibility index (Phi) is 5.00. The lowest BCUT2D eigenvalue weighted by Crippen LogP contribution is -2.29. The number of likely N-dealkylation sites (N-methyl/N-ethyl adjacent to an activating group) is 1. The number of aryl methyl sites for hydroxylation is 1. The number of benzene rings is 3. The van der Waals surface area contributed by atoms with Gasteiger partial charge in [-0.05, 0) is 42.9 Å². The molecule has 0 bridgehead atoms. The molecule has 0 aliphatic carbocycles. The zero-order valence-corrected chi connectivity index (χ0v) is 14.5. The van der Waals surface area contributed by atoms with Crippen molar-refractivity contribution in [2.45, 2.75) is 13.5 Å². The Bertz CT molecular complexity index is 888. The maximum atomic E-state index is 12.2. The van der Waals surface area contributed by atoms with Crippen molar-refractivity contribution < 1.29 is 9.90 Å². The second kappa shape index (κ2) is 7.36. The van der Waals surface area contributed by atoms with Crippen molar-refractivity contribution in [1.82, 2.24) is 4.90 Å². The van der Waals surface area contributed by atoms with Gasteiger partial charge < -0.3 is 10.4 Å². The van der Waals surface area contributed by atoms with Crippen LogP contribution in [0.2, 0.25) is 0 Å². The molecule has 0 atom stereocenters. The maximum absolute atomic E-state index is 12.2. The highest BCUT2D eigenvalue weighted by Gasteiger charge is 2.12. The molecule has 0 radical (unpaired) electrons. The predicted molar refractivity (Wildman–Crippen MR) is 102 cm³/mol. The van der Waals surface area contributed by atoms with Gasteiger partial charge in [-0.25, -0.2) is 0 Å². The van der Waals surface area contributed by atoms with Crippen LogP contribution in [0.1, 0.15) is 11.1 Å². The molecule has 0 saturated heterocycles. The number of carbonyl (C=O) groups excluding carboxylic acids is 1. The van der Waals surface area contributed by atoms with E-state index in [9.17, 15) is 9.90 Å². The fourth-order valence-electron chi connectivity index (χ4n) is 2.90. The van der Waals surface area contributed by atoms with Gasteiger partial charge in [0.05, 0.1) is 6.54 Å². The van der Waals surface area contributed by atoms with Gasteiger partial charge in [-0.3, -0.25) is 9.69 Å². The molecule has 3 rings (SSSR count). The van der Waals surface area contributed by atoms with Crippen LogP contribution in [0.3, 0.4) is 0 Å². The number of nitrogens with one attached hydrogen (secondary N) is 1. The van der Waals surface area contributed by atoms with E-state index in [1.807, 2.05) is 73.5 Å². The minimum Gasteiger partial charge on any atom is -0.508 e. The number of nitrogens with zero attached hydrogens (tertiary/aromatic N) is 1. The molecule has 4 nitrogen and oxygen atoms in total. The SMILES string of the molecule is Cc1ccc(NC(=O)CN(C)Cc2c(O)ccc3ccccc23)cc1. The van der Waals surface area contributed by atoms with Gasteiger partial charge in [0.25, 0.3) is 0 Å². The first kappa shape index (κ1) is 17.0. The van der Waals surface area contributed by atoms with E-state index < -0.39 is 0 Å². The van der Waals surface area contributed by atoms with Crippen LogP contribution in [0.25, 0.3) is 10.8 Å². The maximum Gasteiger partial charge on any atom is 0.238 e. The van der Waals surface area contributed by atoms with E-state index in [-0.39, 0.29) is 18.2 Å². The summed E-state index contributed by atoms with van der Waals surface area (Å²) in [6.07, 6.45) is 0. The van der Waals surface area contributed by atoms with Gasteiger partial charge in [0.1, 0.15) is 5.75 Å². The van der Waals surface area contributed by atoms with Gasteiger partial charge in [-0.2, -0.15) is 0 Å². The van der Waals surface area contributed by atoms with Crippen molar-refractivity contribution in [3.63, 3.8) is 0 Å². The fraction of sp³-hybridized carbons (Fsp3) is 0.190. The fourth-order valence-corrected chi connectivity index (χ4v) is 2.90. The molecule has 0 heterocycles. The molecule has 1 amide bonds. The van der Waals surface area contributed by atoms with E-state index in [0.29, 0.717) is 6.54 Å². The Balaban J connectivity index is 1.68. The Hall–Kier alpha value is -2.85. The highest BCUT2D eigenvalue weighted by atomic mass is 16.3. The molecule has 0 fully saturated rings. The number of aromatic hydroxyl groups is 1. The first-order valence-corrected chi connectivity index (χ1v) is 8.27. The molecule has 0 aliphatic rings. The molecule has 0 unspecified atom stereocenters. The molecular weight excluding hydrogens is 312 g/mol. The highest BCUT2D eigenvalue weighted by Crippen LogP contribution is 2.28. The summed E-state index contributed by atoms with van der Waals surface area (Å²) in [5, 5.41) is 15.2. The molecule has 0 spiro atoms. The van der Waals surface area contributed by atoms with Gasteiger partial charge in [-0.15, -0.1) is 0 Å². The zero-order valence-electron chi connectivity index (χ0n) is 14.5. The number of anilines is 1. The molecule has 0 saturated carbocycles. The molecule has 0 aromatic heterocycles.